The van der Waals surface area contributed by atoms with E-state index >= 15 is 0 Å². The first kappa shape index (κ1) is 24.2. The molecule has 0 bridgehead atoms. The second-order valence-electron chi connectivity index (χ2n) is 10.7. The van der Waals surface area contributed by atoms with E-state index in [4.69, 9.17) is 14.7 Å². The van der Waals surface area contributed by atoms with Gasteiger partial charge in [0, 0.05) is 31.6 Å². The third-order valence-electron chi connectivity index (χ3n) is 7.92. The molecule has 1 amide bonds. The lowest BCUT2D eigenvalue weighted by molar-refractivity contribution is 0.0917. The Kier molecular flexibility index (Phi) is 6.35. The van der Waals surface area contributed by atoms with E-state index in [1.807, 2.05) is 91.8 Å². The molecule has 2 N–H and O–H groups in total. The van der Waals surface area contributed by atoms with Crippen LogP contribution in [0.4, 0.5) is 11.8 Å². The molecule has 2 aliphatic rings. The van der Waals surface area contributed by atoms with Crippen LogP contribution in [0.5, 0.6) is 11.5 Å². The minimum Gasteiger partial charge on any atom is -0.457 e. The maximum Gasteiger partial charge on any atom is 0.255 e. The van der Waals surface area contributed by atoms with Crippen molar-refractivity contribution in [3.63, 3.8) is 0 Å². The second-order valence-corrected chi connectivity index (χ2v) is 10.7. The summed E-state index contributed by atoms with van der Waals surface area (Å²) < 4.78 is 6.00. The summed E-state index contributed by atoms with van der Waals surface area (Å²) in [6.45, 7) is 0. The summed E-state index contributed by atoms with van der Waals surface area (Å²) in [5.74, 6) is 2.83. The molecule has 6 rings (SSSR count). The van der Waals surface area contributed by atoms with Crippen LogP contribution in [0.25, 0.3) is 10.9 Å². The number of anilines is 2. The largest absolute Gasteiger partial charge is 0.457 e. The molecule has 194 valence electrons. The van der Waals surface area contributed by atoms with E-state index in [-0.39, 0.29) is 17.4 Å². The summed E-state index contributed by atoms with van der Waals surface area (Å²) in [6, 6.07) is 25.7. The third-order valence-corrected chi connectivity index (χ3v) is 7.92. The van der Waals surface area contributed by atoms with Crippen molar-refractivity contribution >= 4 is 28.6 Å². The van der Waals surface area contributed by atoms with Crippen molar-refractivity contribution in [2.45, 2.75) is 44.2 Å². The number of carbonyl (C=O) groups is 1. The first-order chi connectivity index (χ1) is 18.5. The normalized spacial score (nSPS) is 22.2. The molecule has 1 spiro atoms. The number of carbonyl (C=O) groups excluding carboxylic acids is 1. The molecule has 2 fully saturated rings. The van der Waals surface area contributed by atoms with Crippen molar-refractivity contribution in [1.82, 2.24) is 15.3 Å². The Hall–Kier alpha value is -4.13. The second kappa shape index (κ2) is 9.97. The summed E-state index contributed by atoms with van der Waals surface area (Å²) in [5, 5.41) is 7.94. The highest BCUT2D eigenvalue weighted by molar-refractivity contribution is 5.97. The number of aromatic nitrogens is 2. The highest BCUT2D eigenvalue weighted by atomic mass is 16.5. The molecule has 0 saturated heterocycles. The van der Waals surface area contributed by atoms with E-state index in [2.05, 4.69) is 16.7 Å². The zero-order valence-corrected chi connectivity index (χ0v) is 21.9. The number of hydrogen-bond donors (Lipinski definition) is 2. The van der Waals surface area contributed by atoms with Crippen molar-refractivity contribution in [2.75, 3.05) is 24.3 Å². The van der Waals surface area contributed by atoms with Gasteiger partial charge in [-0.25, -0.2) is 4.98 Å². The predicted octanol–water partition coefficient (Wildman–Crippen LogP) is 6.03. The fraction of sp³-hybridized carbons (Fsp3) is 0.323. The monoisotopic (exact) mass is 507 g/mol. The summed E-state index contributed by atoms with van der Waals surface area (Å²) in [4.78, 5) is 24.8. The van der Waals surface area contributed by atoms with Crippen LogP contribution in [0.15, 0.2) is 78.9 Å². The lowest BCUT2D eigenvalue weighted by atomic mass is 9.82. The van der Waals surface area contributed by atoms with E-state index < -0.39 is 0 Å². The number of nitrogens with one attached hydrogen (secondary N) is 2. The van der Waals surface area contributed by atoms with Crippen LogP contribution < -0.4 is 20.3 Å². The van der Waals surface area contributed by atoms with Crippen LogP contribution in [0, 0.1) is 5.41 Å². The molecule has 38 heavy (non-hydrogen) atoms. The minimum atomic E-state index is -0.0799. The van der Waals surface area contributed by atoms with Crippen molar-refractivity contribution < 1.29 is 9.53 Å². The predicted molar refractivity (Wildman–Crippen MR) is 151 cm³/mol. The maximum atomic E-state index is 13.2. The average Bonchev–Trinajstić information content (AvgIpc) is 3.60. The molecule has 7 nitrogen and oxygen atoms in total. The number of para-hydroxylation sites is 3. The SMILES string of the molecule is CN(C)c1nc(N[C@H]2CC23CCC(NC(=O)c2ccccc2Oc2ccccc2)CC3)nc2ccccc12. The van der Waals surface area contributed by atoms with Crippen molar-refractivity contribution in [1.29, 1.82) is 0 Å². The maximum absolute atomic E-state index is 13.2. The van der Waals surface area contributed by atoms with Crippen molar-refractivity contribution in [3.8, 4) is 11.5 Å². The van der Waals surface area contributed by atoms with E-state index in [1.54, 1.807) is 0 Å². The van der Waals surface area contributed by atoms with Gasteiger partial charge in [0.25, 0.3) is 5.91 Å². The number of ether oxygens (including phenoxy) is 1. The van der Waals surface area contributed by atoms with Gasteiger partial charge >= 0.3 is 0 Å². The third kappa shape index (κ3) is 4.88. The first-order valence-electron chi connectivity index (χ1n) is 13.3. The van der Waals surface area contributed by atoms with Gasteiger partial charge in [0.05, 0.1) is 11.1 Å². The molecule has 0 radical (unpaired) electrons. The number of fused-ring (bicyclic) bond motifs is 1. The molecule has 4 aromatic rings. The van der Waals surface area contributed by atoms with Crippen LogP contribution in [0.3, 0.4) is 0 Å². The molecular formula is C31H33N5O2. The van der Waals surface area contributed by atoms with Crippen molar-refractivity contribution in [3.05, 3.63) is 84.4 Å². The first-order valence-corrected chi connectivity index (χ1v) is 13.3. The van der Waals surface area contributed by atoms with Crippen LogP contribution in [0.2, 0.25) is 0 Å². The Morgan fingerprint density at radius 2 is 1.63 bits per heavy atom. The van der Waals surface area contributed by atoms with Crippen molar-refractivity contribution in [2.24, 2.45) is 5.41 Å². The van der Waals surface area contributed by atoms with Gasteiger partial charge in [-0.1, -0.05) is 42.5 Å². The molecule has 1 heterocycles. The Balaban J connectivity index is 1.07. The van der Waals surface area contributed by atoms with Gasteiger partial charge in [-0.2, -0.15) is 4.98 Å². The molecule has 1 atom stereocenters. The molecule has 0 aliphatic heterocycles. The van der Waals surface area contributed by atoms with Gasteiger partial charge < -0.3 is 20.3 Å². The van der Waals surface area contributed by atoms with Gasteiger partial charge in [0.15, 0.2) is 0 Å². The van der Waals surface area contributed by atoms with Crippen LogP contribution in [0.1, 0.15) is 42.5 Å². The number of amides is 1. The fourth-order valence-electron chi connectivity index (χ4n) is 5.68. The van der Waals surface area contributed by atoms with Crippen LogP contribution in [-0.4, -0.2) is 42.1 Å². The number of nitrogens with zero attached hydrogens (tertiary/aromatic N) is 3. The lowest BCUT2D eigenvalue weighted by Crippen LogP contribution is -2.39. The van der Waals surface area contributed by atoms with E-state index in [0.29, 0.717) is 29.1 Å². The summed E-state index contributed by atoms with van der Waals surface area (Å²) in [6.07, 6.45) is 5.20. The van der Waals surface area contributed by atoms with Gasteiger partial charge in [-0.15, -0.1) is 0 Å². The standard InChI is InChI=1S/C31H33N5O2/c1-36(2)28-23-12-6-8-14-25(23)33-30(35-28)34-27-20-31(27)18-16-21(17-19-31)32-29(37)24-13-7-9-15-26(24)38-22-10-4-3-5-11-22/h3-15,21,27H,16-20H2,1-2H3,(H,32,37)(H,33,34,35)/t21?,27-,31?/m0/s1. The fourth-order valence-corrected chi connectivity index (χ4v) is 5.68. The van der Waals surface area contributed by atoms with Gasteiger partial charge in [0.1, 0.15) is 17.3 Å². The lowest BCUT2D eigenvalue weighted by Gasteiger charge is -2.30. The molecule has 7 heteroatoms. The molecule has 0 unspecified atom stereocenters. The quantitative estimate of drug-likeness (QED) is 0.318. The Morgan fingerprint density at radius 3 is 2.42 bits per heavy atom. The van der Waals surface area contributed by atoms with E-state index in [9.17, 15) is 4.79 Å². The highest BCUT2D eigenvalue weighted by Gasteiger charge is 2.55. The number of benzene rings is 3. The summed E-state index contributed by atoms with van der Waals surface area (Å²) >= 11 is 0. The van der Waals surface area contributed by atoms with Crippen LogP contribution >= 0.6 is 0 Å². The Morgan fingerprint density at radius 1 is 0.921 bits per heavy atom. The molecular weight excluding hydrogens is 474 g/mol. The summed E-state index contributed by atoms with van der Waals surface area (Å²) in [5.41, 5.74) is 1.78. The highest BCUT2D eigenvalue weighted by Crippen LogP contribution is 2.57. The summed E-state index contributed by atoms with van der Waals surface area (Å²) in [7, 11) is 4.03. The Bertz CT molecular complexity index is 1450. The van der Waals surface area contributed by atoms with Crippen LogP contribution in [-0.2, 0) is 0 Å². The average molecular weight is 508 g/mol. The zero-order chi connectivity index (χ0) is 26.1. The van der Waals surface area contributed by atoms with E-state index in [1.165, 1.54) is 0 Å². The molecule has 2 saturated carbocycles. The molecule has 1 aromatic heterocycles. The zero-order valence-electron chi connectivity index (χ0n) is 21.9. The Labute approximate surface area is 223 Å². The number of rotatable bonds is 7. The van der Waals surface area contributed by atoms with Gasteiger partial charge in [-0.3, -0.25) is 4.79 Å². The van der Waals surface area contributed by atoms with E-state index in [0.717, 1.165) is 48.8 Å². The topological polar surface area (TPSA) is 79.4 Å². The van der Waals surface area contributed by atoms with Gasteiger partial charge in [0.2, 0.25) is 5.95 Å². The molecule has 3 aromatic carbocycles. The van der Waals surface area contributed by atoms with Gasteiger partial charge in [-0.05, 0) is 73.9 Å². The molecule has 2 aliphatic carbocycles. The minimum absolute atomic E-state index is 0.0799. The number of hydrogen-bond acceptors (Lipinski definition) is 6. The smallest absolute Gasteiger partial charge is 0.255 e.